The number of carbonyl (C=O) groups excluding carboxylic acids is 1. The molecular weight excluding hydrogens is 386 g/mol. The molecule has 1 amide bonds. The molecule has 8 heteroatoms. The molecule has 1 aliphatic heterocycles. The van der Waals surface area contributed by atoms with Crippen LogP contribution in [0.25, 0.3) is 0 Å². The van der Waals surface area contributed by atoms with Gasteiger partial charge in [0.1, 0.15) is 23.3 Å². The Morgan fingerprint density at radius 2 is 1.89 bits per heavy atom. The van der Waals surface area contributed by atoms with Gasteiger partial charge in [-0.3, -0.25) is 4.79 Å². The van der Waals surface area contributed by atoms with E-state index in [1.807, 2.05) is 18.2 Å². The Hall–Kier alpha value is -2.77. The molecular formula is C19H14ClN3O3S. The average molecular weight is 400 g/mol. The summed E-state index contributed by atoms with van der Waals surface area (Å²) >= 11 is 7.62. The summed E-state index contributed by atoms with van der Waals surface area (Å²) in [6.07, 6.45) is 3.36. The maximum Gasteiger partial charge on any atom is 0.255 e. The highest BCUT2D eigenvalue weighted by Crippen LogP contribution is 2.38. The molecule has 0 fully saturated rings. The minimum Gasteiger partial charge on any atom is -0.486 e. The molecule has 0 saturated carbocycles. The van der Waals surface area contributed by atoms with Crippen LogP contribution in [0.5, 0.6) is 11.5 Å². The number of benzene rings is 1. The van der Waals surface area contributed by atoms with Gasteiger partial charge < -0.3 is 14.8 Å². The predicted molar refractivity (Wildman–Crippen MR) is 103 cm³/mol. The van der Waals surface area contributed by atoms with Crippen molar-refractivity contribution in [3.8, 4) is 11.5 Å². The van der Waals surface area contributed by atoms with Crippen LogP contribution in [0.2, 0.25) is 5.02 Å². The zero-order valence-corrected chi connectivity index (χ0v) is 15.6. The van der Waals surface area contributed by atoms with Crippen LogP contribution in [-0.4, -0.2) is 29.1 Å². The van der Waals surface area contributed by atoms with Gasteiger partial charge in [-0.15, -0.1) is 0 Å². The number of fused-ring (bicyclic) bond motifs is 1. The summed E-state index contributed by atoms with van der Waals surface area (Å²) in [5.41, 5.74) is 1.01. The van der Waals surface area contributed by atoms with Gasteiger partial charge in [-0.2, -0.15) is 0 Å². The molecule has 1 N–H and O–H groups in total. The molecule has 1 aliphatic rings. The van der Waals surface area contributed by atoms with Gasteiger partial charge in [-0.25, -0.2) is 9.97 Å². The fourth-order valence-electron chi connectivity index (χ4n) is 2.50. The number of aromatic nitrogens is 2. The number of carbonyl (C=O) groups is 1. The lowest BCUT2D eigenvalue weighted by atomic mass is 10.1. The number of rotatable bonds is 4. The molecule has 0 aliphatic carbocycles. The van der Waals surface area contributed by atoms with E-state index >= 15 is 0 Å². The summed E-state index contributed by atoms with van der Waals surface area (Å²) in [5, 5.41) is 4.75. The maximum absolute atomic E-state index is 12.6. The SMILES string of the molecule is O=C(Nc1ccnc(Sc2ccccn2)c1)c1cc(Cl)c2c(c1)OCCO2. The molecule has 136 valence electrons. The van der Waals surface area contributed by atoms with Crippen molar-refractivity contribution in [1.29, 1.82) is 0 Å². The minimum atomic E-state index is -0.297. The van der Waals surface area contributed by atoms with E-state index < -0.39 is 0 Å². The summed E-state index contributed by atoms with van der Waals surface area (Å²) in [7, 11) is 0. The van der Waals surface area contributed by atoms with Crippen LogP contribution >= 0.6 is 23.4 Å². The summed E-state index contributed by atoms with van der Waals surface area (Å²) in [5.74, 6) is 0.645. The first-order valence-electron chi connectivity index (χ1n) is 8.14. The van der Waals surface area contributed by atoms with Crippen molar-refractivity contribution in [1.82, 2.24) is 9.97 Å². The lowest BCUT2D eigenvalue weighted by Gasteiger charge is -2.20. The van der Waals surface area contributed by atoms with E-state index in [4.69, 9.17) is 21.1 Å². The lowest BCUT2D eigenvalue weighted by Crippen LogP contribution is -2.17. The normalized spacial score (nSPS) is 12.5. The molecule has 27 heavy (non-hydrogen) atoms. The Morgan fingerprint density at radius 1 is 1.04 bits per heavy atom. The van der Waals surface area contributed by atoms with Gasteiger partial charge >= 0.3 is 0 Å². The number of anilines is 1. The third-order valence-electron chi connectivity index (χ3n) is 3.70. The highest BCUT2D eigenvalue weighted by atomic mass is 35.5. The lowest BCUT2D eigenvalue weighted by molar-refractivity contribution is 0.102. The molecule has 4 rings (SSSR count). The monoisotopic (exact) mass is 399 g/mol. The van der Waals surface area contributed by atoms with Crippen molar-refractivity contribution in [3.63, 3.8) is 0 Å². The van der Waals surface area contributed by atoms with E-state index in [2.05, 4.69) is 15.3 Å². The molecule has 3 heterocycles. The van der Waals surface area contributed by atoms with Crippen LogP contribution in [-0.2, 0) is 0 Å². The number of halogens is 1. The highest BCUT2D eigenvalue weighted by molar-refractivity contribution is 7.99. The first-order valence-corrected chi connectivity index (χ1v) is 9.34. The van der Waals surface area contributed by atoms with E-state index in [0.717, 1.165) is 10.1 Å². The zero-order valence-electron chi connectivity index (χ0n) is 14.0. The van der Waals surface area contributed by atoms with Crippen molar-refractivity contribution in [2.45, 2.75) is 10.1 Å². The molecule has 0 spiro atoms. The number of hydrogen-bond acceptors (Lipinski definition) is 6. The van der Waals surface area contributed by atoms with Crippen LogP contribution in [0.3, 0.4) is 0 Å². The highest BCUT2D eigenvalue weighted by Gasteiger charge is 2.19. The minimum absolute atomic E-state index is 0.297. The Bertz CT molecular complexity index is 985. The second-order valence-corrected chi connectivity index (χ2v) is 7.04. The zero-order chi connectivity index (χ0) is 18.6. The Kier molecular flexibility index (Phi) is 5.13. The van der Waals surface area contributed by atoms with Crippen molar-refractivity contribution in [2.75, 3.05) is 18.5 Å². The molecule has 2 aromatic heterocycles. The number of nitrogens with zero attached hydrogens (tertiary/aromatic N) is 2. The van der Waals surface area contributed by atoms with E-state index in [1.54, 1.807) is 36.7 Å². The topological polar surface area (TPSA) is 73.3 Å². The maximum atomic E-state index is 12.6. The van der Waals surface area contributed by atoms with Crippen LogP contribution in [0.15, 0.2) is 64.9 Å². The summed E-state index contributed by atoms with van der Waals surface area (Å²) < 4.78 is 11.0. The first-order chi connectivity index (χ1) is 13.2. The molecule has 0 bridgehead atoms. The number of nitrogens with one attached hydrogen (secondary N) is 1. The summed E-state index contributed by atoms with van der Waals surface area (Å²) in [6.45, 7) is 0.860. The second-order valence-electron chi connectivity index (χ2n) is 5.59. The number of hydrogen-bond donors (Lipinski definition) is 1. The average Bonchev–Trinajstić information content (AvgIpc) is 2.69. The summed E-state index contributed by atoms with van der Waals surface area (Å²) in [6, 6.07) is 12.4. The fraction of sp³-hybridized carbons (Fsp3) is 0.105. The Balaban J connectivity index is 1.51. The van der Waals surface area contributed by atoms with Crippen molar-refractivity contribution in [3.05, 3.63) is 65.4 Å². The van der Waals surface area contributed by atoms with Crippen molar-refractivity contribution < 1.29 is 14.3 Å². The van der Waals surface area contributed by atoms with Gasteiger partial charge in [0.05, 0.1) is 5.02 Å². The molecule has 3 aromatic rings. The number of amides is 1. The van der Waals surface area contributed by atoms with E-state index in [0.29, 0.717) is 41.0 Å². The Morgan fingerprint density at radius 3 is 2.74 bits per heavy atom. The first kappa shape index (κ1) is 17.6. The van der Waals surface area contributed by atoms with Gasteiger partial charge in [0, 0.05) is 23.6 Å². The van der Waals surface area contributed by atoms with E-state index in [1.165, 1.54) is 11.8 Å². The van der Waals surface area contributed by atoms with Crippen molar-refractivity contribution >= 4 is 35.0 Å². The molecule has 0 unspecified atom stereocenters. The standard InChI is InChI=1S/C19H14ClN3O3S/c20-14-9-12(10-15-18(14)26-8-7-25-15)19(24)23-13-4-6-22-17(11-13)27-16-3-1-2-5-21-16/h1-6,9-11H,7-8H2,(H,22,23,24). The van der Waals surface area contributed by atoms with Gasteiger partial charge in [0.2, 0.25) is 0 Å². The van der Waals surface area contributed by atoms with E-state index in [9.17, 15) is 4.79 Å². The molecule has 0 atom stereocenters. The largest absolute Gasteiger partial charge is 0.486 e. The second kappa shape index (κ2) is 7.85. The van der Waals surface area contributed by atoms with Gasteiger partial charge in [0.25, 0.3) is 5.91 Å². The predicted octanol–water partition coefficient (Wildman–Crippen LogP) is 4.30. The summed E-state index contributed by atoms with van der Waals surface area (Å²) in [4.78, 5) is 21.2. The number of pyridine rings is 2. The molecule has 1 aromatic carbocycles. The molecule has 0 radical (unpaired) electrons. The van der Waals surface area contributed by atoms with Crippen LogP contribution in [0.1, 0.15) is 10.4 Å². The fourth-order valence-corrected chi connectivity index (χ4v) is 3.54. The van der Waals surface area contributed by atoms with Crippen LogP contribution < -0.4 is 14.8 Å². The third kappa shape index (κ3) is 4.15. The van der Waals surface area contributed by atoms with Gasteiger partial charge in [-0.1, -0.05) is 29.4 Å². The molecule has 0 saturated heterocycles. The van der Waals surface area contributed by atoms with Crippen LogP contribution in [0, 0.1) is 0 Å². The quantitative estimate of drug-likeness (QED) is 0.704. The molecule has 6 nitrogen and oxygen atoms in total. The van der Waals surface area contributed by atoms with E-state index in [-0.39, 0.29) is 5.91 Å². The van der Waals surface area contributed by atoms with Gasteiger partial charge in [-0.05, 0) is 36.4 Å². The number of ether oxygens (including phenoxy) is 2. The van der Waals surface area contributed by atoms with Crippen LogP contribution in [0.4, 0.5) is 5.69 Å². The third-order valence-corrected chi connectivity index (χ3v) is 4.86. The Labute approximate surface area is 164 Å². The van der Waals surface area contributed by atoms with Gasteiger partial charge in [0.15, 0.2) is 11.5 Å². The van der Waals surface area contributed by atoms with Crippen molar-refractivity contribution in [2.24, 2.45) is 0 Å². The smallest absolute Gasteiger partial charge is 0.255 e.